The maximum absolute atomic E-state index is 13.0. The Morgan fingerprint density at radius 3 is 2.54 bits per heavy atom. The second-order valence-corrected chi connectivity index (χ2v) is 6.91. The molecule has 0 aliphatic carbocycles. The van der Waals surface area contributed by atoms with Gasteiger partial charge in [-0.2, -0.15) is 0 Å². The third-order valence-electron chi connectivity index (χ3n) is 4.29. The molecule has 1 atom stereocenters. The van der Waals surface area contributed by atoms with Gasteiger partial charge in [0.1, 0.15) is 5.75 Å². The van der Waals surface area contributed by atoms with Gasteiger partial charge in [-0.25, -0.2) is 0 Å². The van der Waals surface area contributed by atoms with Gasteiger partial charge in [-0.05, 0) is 31.9 Å². The molecule has 1 aliphatic rings. The topological polar surface area (TPSA) is 29.5 Å². The minimum Gasteiger partial charge on any atom is -0.474 e. The Bertz CT molecular complexity index is 699. The maximum Gasteiger partial charge on any atom is 0.272 e. The molecule has 3 rings (SSSR count). The normalized spacial score (nSPS) is 16.7. The number of unbranched alkanes of at least 4 members (excludes halogenated alkanes) is 2. The molecule has 24 heavy (non-hydrogen) atoms. The molecule has 2 aromatic carbocycles. The van der Waals surface area contributed by atoms with E-state index in [-0.39, 0.29) is 5.91 Å². The zero-order valence-corrected chi connectivity index (χ0v) is 15.5. The number of rotatable bonds is 6. The molecule has 3 nitrogen and oxygen atoms in total. The van der Waals surface area contributed by atoms with Crippen molar-refractivity contribution in [3.05, 3.63) is 59.7 Å². The molecule has 1 heterocycles. The van der Waals surface area contributed by atoms with Crippen LogP contribution in [0, 0.1) is 6.92 Å². The molecule has 126 valence electrons. The number of amides is 1. The third-order valence-corrected chi connectivity index (χ3v) is 4.85. The first-order valence-corrected chi connectivity index (χ1v) is 9.52. The molecule has 0 N–H and O–H groups in total. The Morgan fingerprint density at radius 1 is 1.04 bits per heavy atom. The number of carbonyl (C=O) groups excluding carboxylic acids is 1. The molecule has 0 bridgehead atoms. The van der Waals surface area contributed by atoms with Crippen LogP contribution >= 0.6 is 15.9 Å². The predicted octanol–water partition coefficient (Wildman–Crippen LogP) is 5.03. The summed E-state index contributed by atoms with van der Waals surface area (Å²) in [4.78, 5) is 14.9. The minimum atomic E-state index is -0.559. The monoisotopic (exact) mass is 387 g/mol. The summed E-state index contributed by atoms with van der Waals surface area (Å²) in [5, 5.41) is 1.01. The smallest absolute Gasteiger partial charge is 0.272 e. The molecular weight excluding hydrogens is 366 g/mol. The molecule has 1 unspecified atom stereocenters. The fourth-order valence-corrected chi connectivity index (χ4v) is 3.34. The van der Waals surface area contributed by atoms with Crippen molar-refractivity contribution >= 4 is 27.5 Å². The van der Waals surface area contributed by atoms with Crippen molar-refractivity contribution in [2.24, 2.45) is 0 Å². The van der Waals surface area contributed by atoms with Gasteiger partial charge in [0.2, 0.25) is 6.10 Å². The number of benzene rings is 2. The van der Waals surface area contributed by atoms with Crippen LogP contribution in [0.4, 0.5) is 5.69 Å². The van der Waals surface area contributed by atoms with Crippen LogP contribution in [0.2, 0.25) is 0 Å². The molecule has 4 heteroatoms. The molecular formula is C20H22BrNO2. The van der Waals surface area contributed by atoms with Crippen molar-refractivity contribution in [2.75, 3.05) is 16.8 Å². The highest BCUT2D eigenvalue weighted by molar-refractivity contribution is 9.09. The molecule has 0 saturated heterocycles. The summed E-state index contributed by atoms with van der Waals surface area (Å²) in [6, 6.07) is 15.8. The van der Waals surface area contributed by atoms with E-state index in [0.29, 0.717) is 0 Å². The Balaban J connectivity index is 1.86. The van der Waals surface area contributed by atoms with Crippen molar-refractivity contribution in [2.45, 2.75) is 32.3 Å². The van der Waals surface area contributed by atoms with Gasteiger partial charge in [0.05, 0.1) is 5.69 Å². The lowest BCUT2D eigenvalue weighted by Gasteiger charge is -2.34. The summed E-state index contributed by atoms with van der Waals surface area (Å²) in [5.41, 5.74) is 2.96. The Labute approximate surface area is 151 Å². The van der Waals surface area contributed by atoms with Gasteiger partial charge >= 0.3 is 0 Å². The van der Waals surface area contributed by atoms with Crippen LogP contribution in [0.25, 0.3) is 0 Å². The van der Waals surface area contributed by atoms with Gasteiger partial charge in [0.25, 0.3) is 5.91 Å². The van der Waals surface area contributed by atoms with E-state index in [0.717, 1.165) is 48.1 Å². The number of anilines is 1. The molecule has 0 aromatic heterocycles. The van der Waals surface area contributed by atoms with Gasteiger partial charge < -0.3 is 9.64 Å². The van der Waals surface area contributed by atoms with Crippen molar-refractivity contribution in [1.82, 2.24) is 0 Å². The van der Waals surface area contributed by atoms with Crippen molar-refractivity contribution < 1.29 is 9.53 Å². The van der Waals surface area contributed by atoms with E-state index in [1.165, 1.54) is 5.56 Å². The first-order chi connectivity index (χ1) is 11.7. The Hall–Kier alpha value is -1.81. The van der Waals surface area contributed by atoms with Crippen LogP contribution < -0.4 is 9.64 Å². The lowest BCUT2D eigenvalue weighted by atomic mass is 10.0. The van der Waals surface area contributed by atoms with Crippen LogP contribution in [0.3, 0.4) is 0 Å². The standard InChI is InChI=1S/C20H22BrNO2/c1-15-9-11-16(12-10-15)19-20(23)22(14-6-2-5-13-21)17-7-3-4-8-18(17)24-19/h3-4,7-12,19H,2,5-6,13-14H2,1H3. The van der Waals surface area contributed by atoms with Crippen LogP contribution in [0.15, 0.2) is 48.5 Å². The summed E-state index contributed by atoms with van der Waals surface area (Å²) >= 11 is 3.46. The number of ether oxygens (including phenoxy) is 1. The van der Waals surface area contributed by atoms with Crippen molar-refractivity contribution in [1.29, 1.82) is 0 Å². The Kier molecular flexibility index (Phi) is 5.56. The number of fused-ring (bicyclic) bond motifs is 1. The molecule has 0 radical (unpaired) electrons. The number of halogens is 1. The van der Waals surface area contributed by atoms with E-state index in [1.807, 2.05) is 60.4 Å². The largest absolute Gasteiger partial charge is 0.474 e. The number of hydrogen-bond donors (Lipinski definition) is 0. The second-order valence-electron chi connectivity index (χ2n) is 6.12. The summed E-state index contributed by atoms with van der Waals surface area (Å²) < 4.78 is 6.03. The summed E-state index contributed by atoms with van der Waals surface area (Å²) in [6.07, 6.45) is 2.66. The van der Waals surface area contributed by atoms with Crippen molar-refractivity contribution in [3.8, 4) is 5.75 Å². The SMILES string of the molecule is Cc1ccc(C2Oc3ccccc3N(CCCCCBr)C2=O)cc1. The number of aryl methyl sites for hydroxylation is 1. The summed E-state index contributed by atoms with van der Waals surface area (Å²) in [7, 11) is 0. The maximum atomic E-state index is 13.0. The van der Waals surface area contributed by atoms with E-state index < -0.39 is 6.10 Å². The predicted molar refractivity (Wildman–Crippen MR) is 101 cm³/mol. The van der Waals surface area contributed by atoms with Gasteiger partial charge in [0.15, 0.2) is 0 Å². The first kappa shape index (κ1) is 17.0. The fourth-order valence-electron chi connectivity index (χ4n) is 2.94. The highest BCUT2D eigenvalue weighted by Gasteiger charge is 2.34. The van der Waals surface area contributed by atoms with E-state index in [9.17, 15) is 4.79 Å². The zero-order chi connectivity index (χ0) is 16.9. The van der Waals surface area contributed by atoms with Crippen LogP contribution in [0.5, 0.6) is 5.75 Å². The van der Waals surface area contributed by atoms with E-state index in [4.69, 9.17) is 4.74 Å². The average molecular weight is 388 g/mol. The van der Waals surface area contributed by atoms with Crippen LogP contribution in [-0.2, 0) is 4.79 Å². The van der Waals surface area contributed by atoms with E-state index in [2.05, 4.69) is 15.9 Å². The number of nitrogens with zero attached hydrogens (tertiary/aromatic N) is 1. The molecule has 0 saturated carbocycles. The molecule has 0 fully saturated rings. The number of hydrogen-bond acceptors (Lipinski definition) is 2. The summed E-state index contributed by atoms with van der Waals surface area (Å²) in [6.45, 7) is 2.77. The molecule has 1 aliphatic heterocycles. The zero-order valence-electron chi connectivity index (χ0n) is 13.9. The molecule has 1 amide bonds. The number of carbonyl (C=O) groups is 1. The average Bonchev–Trinajstić information content (AvgIpc) is 2.61. The van der Waals surface area contributed by atoms with Crippen molar-refractivity contribution in [3.63, 3.8) is 0 Å². The fraction of sp³-hybridized carbons (Fsp3) is 0.350. The van der Waals surface area contributed by atoms with Gasteiger partial charge in [0, 0.05) is 17.4 Å². The lowest BCUT2D eigenvalue weighted by molar-refractivity contribution is -0.126. The minimum absolute atomic E-state index is 0.0244. The molecule has 0 spiro atoms. The third kappa shape index (κ3) is 3.64. The van der Waals surface area contributed by atoms with E-state index >= 15 is 0 Å². The van der Waals surface area contributed by atoms with Crippen LogP contribution in [-0.4, -0.2) is 17.8 Å². The quantitative estimate of drug-likeness (QED) is 0.513. The summed E-state index contributed by atoms with van der Waals surface area (Å²) in [5.74, 6) is 0.805. The second kappa shape index (κ2) is 7.84. The highest BCUT2D eigenvalue weighted by atomic mass is 79.9. The number of para-hydroxylation sites is 2. The van der Waals surface area contributed by atoms with Gasteiger partial charge in [-0.15, -0.1) is 0 Å². The van der Waals surface area contributed by atoms with Crippen LogP contribution in [0.1, 0.15) is 36.5 Å². The Morgan fingerprint density at radius 2 is 1.79 bits per heavy atom. The van der Waals surface area contributed by atoms with E-state index in [1.54, 1.807) is 0 Å². The number of alkyl halides is 1. The first-order valence-electron chi connectivity index (χ1n) is 8.40. The molecule has 2 aromatic rings. The van der Waals surface area contributed by atoms with Gasteiger partial charge in [-0.3, -0.25) is 4.79 Å². The lowest BCUT2D eigenvalue weighted by Crippen LogP contribution is -2.41. The highest BCUT2D eigenvalue weighted by Crippen LogP contribution is 2.38. The van der Waals surface area contributed by atoms with Gasteiger partial charge in [-0.1, -0.05) is 64.3 Å².